The van der Waals surface area contributed by atoms with E-state index >= 15 is 0 Å². The molecular formula is C13H15ClN2O. The monoisotopic (exact) mass is 250 g/mol. The number of hydrogen-bond donors (Lipinski definition) is 1. The van der Waals surface area contributed by atoms with Crippen LogP contribution < -0.4 is 10.1 Å². The van der Waals surface area contributed by atoms with Gasteiger partial charge in [0, 0.05) is 25.0 Å². The van der Waals surface area contributed by atoms with Crippen molar-refractivity contribution >= 4 is 22.5 Å². The Bertz CT molecular complexity index is 589. The average Bonchev–Trinajstić information content (AvgIpc) is 2.63. The van der Waals surface area contributed by atoms with E-state index in [1.165, 1.54) is 5.56 Å². The summed E-state index contributed by atoms with van der Waals surface area (Å²) in [4.78, 5) is 0. The third kappa shape index (κ3) is 1.53. The molecule has 3 rings (SSSR count). The third-order valence-electron chi connectivity index (χ3n) is 3.33. The molecular weight excluding hydrogens is 236 g/mol. The minimum absolute atomic E-state index is 0.829. The van der Waals surface area contributed by atoms with Crippen LogP contribution in [0.1, 0.15) is 11.3 Å². The van der Waals surface area contributed by atoms with Crippen LogP contribution in [0.5, 0.6) is 5.75 Å². The van der Waals surface area contributed by atoms with Crippen LogP contribution in [-0.2, 0) is 13.1 Å². The fraction of sp³-hybridized carbons (Fsp3) is 0.385. The Hall–Kier alpha value is -1.19. The smallest absolute Gasteiger partial charge is 0.143 e. The molecule has 0 saturated heterocycles. The number of methoxy groups -OCH3 is 1. The molecule has 0 fully saturated rings. The van der Waals surface area contributed by atoms with Gasteiger partial charge in [0.05, 0.1) is 23.3 Å². The van der Waals surface area contributed by atoms with Gasteiger partial charge in [0.15, 0.2) is 0 Å². The molecule has 0 amide bonds. The summed E-state index contributed by atoms with van der Waals surface area (Å²) < 4.78 is 7.76. The van der Waals surface area contributed by atoms with Crippen molar-refractivity contribution in [2.75, 3.05) is 13.7 Å². The number of hydrogen-bond acceptors (Lipinski definition) is 2. The summed E-state index contributed by atoms with van der Waals surface area (Å²) in [7, 11) is 1.71. The molecule has 0 atom stereocenters. The van der Waals surface area contributed by atoms with Gasteiger partial charge in [-0.3, -0.25) is 0 Å². The Morgan fingerprint density at radius 1 is 1.41 bits per heavy atom. The maximum atomic E-state index is 6.46. The first kappa shape index (κ1) is 10.9. The van der Waals surface area contributed by atoms with Gasteiger partial charge < -0.3 is 14.6 Å². The topological polar surface area (TPSA) is 26.2 Å². The van der Waals surface area contributed by atoms with E-state index in [2.05, 4.69) is 28.9 Å². The second kappa shape index (κ2) is 3.93. The van der Waals surface area contributed by atoms with Gasteiger partial charge in [0.2, 0.25) is 0 Å². The summed E-state index contributed by atoms with van der Waals surface area (Å²) >= 11 is 6.46. The molecule has 0 spiro atoms. The maximum Gasteiger partial charge on any atom is 0.143 e. The van der Waals surface area contributed by atoms with E-state index in [0.29, 0.717) is 0 Å². The van der Waals surface area contributed by atoms with Crippen molar-refractivity contribution in [2.24, 2.45) is 0 Å². The van der Waals surface area contributed by atoms with Gasteiger partial charge in [0.25, 0.3) is 0 Å². The van der Waals surface area contributed by atoms with Gasteiger partial charge in [-0.05, 0) is 24.6 Å². The first-order valence-electron chi connectivity index (χ1n) is 5.78. The second-order valence-corrected chi connectivity index (χ2v) is 4.83. The van der Waals surface area contributed by atoms with Crippen molar-refractivity contribution < 1.29 is 4.74 Å². The van der Waals surface area contributed by atoms with E-state index in [1.807, 2.05) is 0 Å². The average molecular weight is 251 g/mol. The summed E-state index contributed by atoms with van der Waals surface area (Å²) in [5.74, 6) is 0.912. The molecule has 1 aromatic heterocycles. The molecule has 4 heteroatoms. The number of ether oxygens (including phenoxy) is 1. The summed E-state index contributed by atoms with van der Waals surface area (Å²) in [6, 6.07) is 4.19. The first-order chi connectivity index (χ1) is 8.22. The number of rotatable bonds is 1. The Balaban J connectivity index is 2.41. The molecule has 0 radical (unpaired) electrons. The molecule has 0 unspecified atom stereocenters. The fourth-order valence-corrected chi connectivity index (χ4v) is 2.89. The number of benzene rings is 1. The molecule has 1 N–H and O–H groups in total. The standard InChI is InChI=1S/C13H15ClN2O/c1-8-5-9-12(14)10-7-15-3-4-16(10)13(9)11(6-8)17-2/h5-6,15H,3-4,7H2,1-2H3. The summed E-state index contributed by atoms with van der Waals surface area (Å²) in [6.45, 7) is 4.81. The van der Waals surface area contributed by atoms with E-state index in [4.69, 9.17) is 16.3 Å². The second-order valence-electron chi connectivity index (χ2n) is 4.45. The maximum absolute atomic E-state index is 6.46. The van der Waals surface area contributed by atoms with Crippen LogP contribution in [0.2, 0.25) is 5.02 Å². The zero-order chi connectivity index (χ0) is 12.0. The molecule has 2 heterocycles. The number of aromatic nitrogens is 1. The van der Waals surface area contributed by atoms with Crippen LogP contribution >= 0.6 is 11.6 Å². The van der Waals surface area contributed by atoms with Crippen LogP contribution in [0.4, 0.5) is 0 Å². The van der Waals surface area contributed by atoms with Gasteiger partial charge in [-0.25, -0.2) is 0 Å². The highest BCUT2D eigenvalue weighted by molar-refractivity contribution is 6.36. The van der Waals surface area contributed by atoms with E-state index in [9.17, 15) is 0 Å². The third-order valence-corrected chi connectivity index (χ3v) is 3.75. The molecule has 1 aliphatic heterocycles. The van der Waals surface area contributed by atoms with Crippen molar-refractivity contribution in [2.45, 2.75) is 20.0 Å². The first-order valence-corrected chi connectivity index (χ1v) is 6.16. The van der Waals surface area contributed by atoms with Gasteiger partial charge in [0.1, 0.15) is 5.75 Å². The normalized spacial score (nSPS) is 15.0. The Labute approximate surface area is 105 Å². The van der Waals surface area contributed by atoms with Crippen LogP contribution in [0.15, 0.2) is 12.1 Å². The van der Waals surface area contributed by atoms with Gasteiger partial charge in [-0.15, -0.1) is 0 Å². The lowest BCUT2D eigenvalue weighted by Gasteiger charge is -2.18. The number of nitrogens with zero attached hydrogens (tertiary/aromatic N) is 1. The van der Waals surface area contributed by atoms with E-state index in [-0.39, 0.29) is 0 Å². The predicted octanol–water partition coefficient (Wildman–Crippen LogP) is 2.71. The molecule has 0 aliphatic carbocycles. The Morgan fingerprint density at radius 2 is 2.24 bits per heavy atom. The lowest BCUT2D eigenvalue weighted by Crippen LogP contribution is -2.27. The summed E-state index contributed by atoms with van der Waals surface area (Å²) in [5, 5.41) is 5.30. The quantitative estimate of drug-likeness (QED) is 0.842. The van der Waals surface area contributed by atoms with Crippen LogP contribution in [-0.4, -0.2) is 18.2 Å². The van der Waals surface area contributed by atoms with E-state index in [1.54, 1.807) is 7.11 Å². The highest BCUT2D eigenvalue weighted by Crippen LogP contribution is 2.37. The van der Waals surface area contributed by atoms with Crippen molar-refractivity contribution in [3.63, 3.8) is 0 Å². The van der Waals surface area contributed by atoms with Crippen molar-refractivity contribution in [3.05, 3.63) is 28.4 Å². The zero-order valence-electron chi connectivity index (χ0n) is 10.0. The minimum atomic E-state index is 0.829. The number of fused-ring (bicyclic) bond motifs is 3. The molecule has 90 valence electrons. The molecule has 3 nitrogen and oxygen atoms in total. The molecule has 0 bridgehead atoms. The minimum Gasteiger partial charge on any atom is -0.495 e. The van der Waals surface area contributed by atoms with E-state index < -0.39 is 0 Å². The Kier molecular flexibility index (Phi) is 2.53. The van der Waals surface area contributed by atoms with Crippen LogP contribution in [0.3, 0.4) is 0 Å². The van der Waals surface area contributed by atoms with E-state index in [0.717, 1.165) is 47.0 Å². The van der Waals surface area contributed by atoms with Crippen molar-refractivity contribution in [1.82, 2.24) is 9.88 Å². The van der Waals surface area contributed by atoms with Gasteiger partial charge in [-0.2, -0.15) is 0 Å². The van der Waals surface area contributed by atoms with Gasteiger partial charge in [-0.1, -0.05) is 11.6 Å². The molecule has 1 aromatic carbocycles. The fourth-order valence-electron chi connectivity index (χ4n) is 2.57. The molecule has 1 aliphatic rings. The highest BCUT2D eigenvalue weighted by Gasteiger charge is 2.21. The van der Waals surface area contributed by atoms with Crippen LogP contribution in [0, 0.1) is 6.92 Å². The van der Waals surface area contributed by atoms with Gasteiger partial charge >= 0.3 is 0 Å². The molecule has 0 saturated carbocycles. The summed E-state index contributed by atoms with van der Waals surface area (Å²) in [5.41, 5.74) is 3.46. The number of halogens is 1. The number of aryl methyl sites for hydroxylation is 1. The lowest BCUT2D eigenvalue weighted by atomic mass is 10.1. The summed E-state index contributed by atoms with van der Waals surface area (Å²) in [6.07, 6.45) is 0. The van der Waals surface area contributed by atoms with Crippen molar-refractivity contribution in [3.8, 4) is 5.75 Å². The predicted molar refractivity (Wildman–Crippen MR) is 69.9 cm³/mol. The largest absolute Gasteiger partial charge is 0.495 e. The molecule has 17 heavy (non-hydrogen) atoms. The SMILES string of the molecule is COc1cc(C)cc2c(Cl)c3n(c12)CCNC3. The molecule has 2 aromatic rings. The Morgan fingerprint density at radius 3 is 3.00 bits per heavy atom. The van der Waals surface area contributed by atoms with Crippen molar-refractivity contribution in [1.29, 1.82) is 0 Å². The lowest BCUT2D eigenvalue weighted by molar-refractivity contribution is 0.415. The number of nitrogens with one attached hydrogen (secondary N) is 1. The highest BCUT2D eigenvalue weighted by atomic mass is 35.5. The zero-order valence-corrected chi connectivity index (χ0v) is 10.8. The van der Waals surface area contributed by atoms with Crippen LogP contribution in [0.25, 0.3) is 10.9 Å².